The molecule has 0 bridgehead atoms. The number of hydrogen-bond acceptors (Lipinski definition) is 7. The molecular formula is C20H17N5OS3. The van der Waals surface area contributed by atoms with Crippen LogP contribution in [-0.4, -0.2) is 26.2 Å². The number of nitrogens with one attached hydrogen (secondary N) is 1. The number of amides is 1. The van der Waals surface area contributed by atoms with E-state index in [1.165, 1.54) is 23.0 Å². The highest BCUT2D eigenvalue weighted by Crippen LogP contribution is 2.30. The van der Waals surface area contributed by atoms with Gasteiger partial charge in [-0.2, -0.15) is 5.26 Å². The molecule has 4 aromatic rings. The number of rotatable bonds is 6. The Balaban J connectivity index is 1.55. The molecule has 0 saturated carbocycles. The normalized spacial score (nSPS) is 10.9. The molecule has 0 aromatic carbocycles. The summed E-state index contributed by atoms with van der Waals surface area (Å²) in [6.07, 6.45) is 1.52. The third-order valence-corrected chi connectivity index (χ3v) is 7.35. The van der Waals surface area contributed by atoms with Crippen molar-refractivity contribution in [3.8, 4) is 6.07 Å². The van der Waals surface area contributed by atoms with Gasteiger partial charge in [0.15, 0.2) is 0 Å². The summed E-state index contributed by atoms with van der Waals surface area (Å²) >= 11 is 4.57. The molecule has 0 atom stereocenters. The van der Waals surface area contributed by atoms with Gasteiger partial charge >= 0.3 is 0 Å². The van der Waals surface area contributed by atoms with Gasteiger partial charge < -0.3 is 9.88 Å². The molecule has 29 heavy (non-hydrogen) atoms. The fourth-order valence-electron chi connectivity index (χ4n) is 3.07. The minimum absolute atomic E-state index is 0.168. The summed E-state index contributed by atoms with van der Waals surface area (Å²) in [5.41, 5.74) is 2.39. The van der Waals surface area contributed by atoms with Gasteiger partial charge in [-0.1, -0.05) is 17.8 Å². The molecule has 9 heteroatoms. The molecule has 0 aliphatic rings. The first-order chi connectivity index (χ1) is 14.1. The minimum Gasteiger partial charge on any atom is -0.325 e. The van der Waals surface area contributed by atoms with E-state index in [2.05, 4.69) is 21.4 Å². The lowest BCUT2D eigenvalue weighted by molar-refractivity contribution is -0.113. The predicted octanol–water partition coefficient (Wildman–Crippen LogP) is 4.82. The van der Waals surface area contributed by atoms with E-state index in [0.29, 0.717) is 17.9 Å². The lowest BCUT2D eigenvalue weighted by Crippen LogP contribution is -2.18. The van der Waals surface area contributed by atoms with Gasteiger partial charge in [-0.3, -0.25) is 4.79 Å². The zero-order valence-corrected chi connectivity index (χ0v) is 18.2. The smallest absolute Gasteiger partial charge is 0.235 e. The number of nitrogens with zero attached hydrogens (tertiary/aromatic N) is 4. The fraction of sp³-hybridized carbons (Fsp3) is 0.200. The van der Waals surface area contributed by atoms with Gasteiger partial charge in [0.05, 0.1) is 17.9 Å². The molecule has 146 valence electrons. The summed E-state index contributed by atoms with van der Waals surface area (Å²) in [5.74, 6) is 0.595. The van der Waals surface area contributed by atoms with E-state index in [1.54, 1.807) is 22.7 Å². The van der Waals surface area contributed by atoms with E-state index in [0.717, 1.165) is 26.5 Å². The van der Waals surface area contributed by atoms with E-state index in [4.69, 9.17) is 0 Å². The van der Waals surface area contributed by atoms with Crippen LogP contribution in [0, 0.1) is 25.2 Å². The molecule has 4 heterocycles. The Morgan fingerprint density at radius 1 is 1.28 bits per heavy atom. The molecule has 0 fully saturated rings. The predicted molar refractivity (Wildman–Crippen MR) is 119 cm³/mol. The fourth-order valence-corrected chi connectivity index (χ4v) is 5.34. The van der Waals surface area contributed by atoms with Gasteiger partial charge in [0.2, 0.25) is 5.91 Å². The lowest BCUT2D eigenvalue weighted by atomic mass is 10.2. The summed E-state index contributed by atoms with van der Waals surface area (Å²) in [7, 11) is 0. The van der Waals surface area contributed by atoms with Gasteiger partial charge in [-0.25, -0.2) is 9.97 Å². The maximum Gasteiger partial charge on any atom is 0.235 e. The maximum absolute atomic E-state index is 12.7. The molecule has 1 amide bonds. The first-order valence-corrected chi connectivity index (χ1v) is 11.6. The summed E-state index contributed by atoms with van der Waals surface area (Å²) in [5, 5.41) is 18.3. The van der Waals surface area contributed by atoms with E-state index >= 15 is 0 Å². The van der Waals surface area contributed by atoms with Crippen LogP contribution < -0.4 is 5.32 Å². The largest absolute Gasteiger partial charge is 0.325 e. The Labute approximate surface area is 180 Å². The number of anilines is 1. The van der Waals surface area contributed by atoms with Gasteiger partial charge in [-0.05, 0) is 42.3 Å². The van der Waals surface area contributed by atoms with Crippen LogP contribution in [0.5, 0.6) is 0 Å². The second-order valence-electron chi connectivity index (χ2n) is 6.37. The Morgan fingerprint density at radius 3 is 2.90 bits per heavy atom. The Morgan fingerprint density at radius 2 is 2.14 bits per heavy atom. The summed E-state index contributed by atoms with van der Waals surface area (Å²) in [4.78, 5) is 23.3. The highest BCUT2D eigenvalue weighted by molar-refractivity contribution is 8.00. The molecule has 0 aliphatic carbocycles. The number of nitriles is 1. The Kier molecular flexibility index (Phi) is 5.67. The van der Waals surface area contributed by atoms with Crippen LogP contribution in [0.25, 0.3) is 10.2 Å². The Bertz CT molecular complexity index is 1220. The molecular weight excluding hydrogens is 422 g/mol. The number of thioether (sulfide) groups is 1. The van der Waals surface area contributed by atoms with Crippen LogP contribution in [0.3, 0.4) is 0 Å². The van der Waals surface area contributed by atoms with Crippen LogP contribution >= 0.6 is 34.4 Å². The van der Waals surface area contributed by atoms with Gasteiger partial charge in [0.25, 0.3) is 0 Å². The minimum atomic E-state index is -0.168. The molecule has 4 aromatic heterocycles. The van der Waals surface area contributed by atoms with Crippen LogP contribution in [-0.2, 0) is 11.3 Å². The summed E-state index contributed by atoms with van der Waals surface area (Å²) in [6.45, 7) is 4.51. The number of thiophene rings is 2. The molecule has 0 aliphatic heterocycles. The van der Waals surface area contributed by atoms with Crippen molar-refractivity contribution >= 4 is 56.4 Å². The van der Waals surface area contributed by atoms with Crippen molar-refractivity contribution < 1.29 is 4.79 Å². The molecule has 0 unspecified atom stereocenters. The van der Waals surface area contributed by atoms with Crippen molar-refractivity contribution in [2.24, 2.45) is 0 Å². The molecule has 1 N–H and O–H groups in total. The third kappa shape index (κ3) is 3.92. The first kappa shape index (κ1) is 19.6. The number of hydrogen-bond donors (Lipinski definition) is 1. The van der Waals surface area contributed by atoms with E-state index in [1.807, 2.05) is 47.4 Å². The molecule has 0 spiro atoms. The first-order valence-electron chi connectivity index (χ1n) is 8.81. The summed E-state index contributed by atoms with van der Waals surface area (Å²) in [6, 6.07) is 8.26. The van der Waals surface area contributed by atoms with Crippen LogP contribution in [0.4, 0.5) is 5.82 Å². The van der Waals surface area contributed by atoms with Crippen LogP contribution in [0.1, 0.15) is 21.7 Å². The second kappa shape index (κ2) is 8.37. The second-order valence-corrected chi connectivity index (χ2v) is 9.26. The van der Waals surface area contributed by atoms with Crippen molar-refractivity contribution in [3.05, 3.63) is 57.0 Å². The van der Waals surface area contributed by atoms with E-state index in [9.17, 15) is 10.1 Å². The van der Waals surface area contributed by atoms with Crippen LogP contribution in [0.2, 0.25) is 0 Å². The monoisotopic (exact) mass is 439 g/mol. The topological polar surface area (TPSA) is 83.6 Å². The highest BCUT2D eigenvalue weighted by Gasteiger charge is 2.20. The van der Waals surface area contributed by atoms with Crippen LogP contribution in [0.15, 0.2) is 40.3 Å². The number of carbonyl (C=O) groups is 1. The molecule has 4 rings (SSSR count). The average molecular weight is 440 g/mol. The van der Waals surface area contributed by atoms with Crippen molar-refractivity contribution in [1.29, 1.82) is 5.26 Å². The van der Waals surface area contributed by atoms with Gasteiger partial charge in [0, 0.05) is 16.0 Å². The number of aromatic nitrogens is 3. The van der Waals surface area contributed by atoms with Gasteiger partial charge in [-0.15, -0.1) is 22.7 Å². The van der Waals surface area contributed by atoms with Crippen molar-refractivity contribution in [1.82, 2.24) is 14.5 Å². The highest BCUT2D eigenvalue weighted by atomic mass is 32.2. The molecule has 0 saturated heterocycles. The quantitative estimate of drug-likeness (QED) is 0.344. The average Bonchev–Trinajstić information content (AvgIpc) is 3.44. The third-order valence-electron chi connectivity index (χ3n) is 4.66. The van der Waals surface area contributed by atoms with E-state index in [-0.39, 0.29) is 11.7 Å². The maximum atomic E-state index is 12.7. The number of carbonyl (C=O) groups excluding carboxylic acids is 1. The standard InChI is InChI=1S/C20H17N5OS3/c1-12-13(2)25(9-14-4-3-6-27-14)18(16(12)8-21)24-17(26)10-29-20-15-5-7-28-19(15)22-11-23-20/h3-7,11H,9-10H2,1-2H3,(H,24,26). The van der Waals surface area contributed by atoms with Crippen molar-refractivity contribution in [2.75, 3.05) is 11.1 Å². The lowest BCUT2D eigenvalue weighted by Gasteiger charge is -2.12. The number of fused-ring (bicyclic) bond motifs is 1. The zero-order chi connectivity index (χ0) is 20.4. The summed E-state index contributed by atoms with van der Waals surface area (Å²) < 4.78 is 2.00. The molecule has 6 nitrogen and oxygen atoms in total. The zero-order valence-electron chi connectivity index (χ0n) is 15.8. The van der Waals surface area contributed by atoms with E-state index < -0.39 is 0 Å². The Hall–Kier alpha value is -2.67. The van der Waals surface area contributed by atoms with Crippen molar-refractivity contribution in [2.45, 2.75) is 25.4 Å². The van der Waals surface area contributed by atoms with Gasteiger partial charge in [0.1, 0.15) is 28.1 Å². The molecule has 0 radical (unpaired) electrons. The SMILES string of the molecule is Cc1c(C#N)c(NC(=O)CSc2ncnc3sccc23)n(Cc2cccs2)c1C. The van der Waals surface area contributed by atoms with Crippen molar-refractivity contribution in [3.63, 3.8) is 0 Å².